The molecule has 4 heterocycles. The number of amides is 5. The fourth-order valence-corrected chi connectivity index (χ4v) is 18.3. The van der Waals surface area contributed by atoms with Crippen molar-refractivity contribution in [3.63, 3.8) is 0 Å². The van der Waals surface area contributed by atoms with Crippen LogP contribution in [0, 0.1) is 30.6 Å². The maximum absolute atomic E-state index is 14.0. The molecule has 2 aliphatic rings. The molecule has 0 aliphatic carbocycles. The molecule has 27 heteroatoms. The summed E-state index contributed by atoms with van der Waals surface area (Å²) >= 11 is 3.16. The second kappa shape index (κ2) is 55.7. The van der Waals surface area contributed by atoms with Crippen molar-refractivity contribution in [2.75, 3.05) is 106 Å². The minimum atomic E-state index is -0.943. The molecule has 0 saturated carbocycles. The lowest BCUT2D eigenvalue weighted by Gasteiger charge is -2.35. The van der Waals surface area contributed by atoms with Crippen LogP contribution in [0.4, 0.5) is 0 Å². The number of Topliss-reactive ketones (excluding diaryl/α,β-unsaturated/α-hetero) is 2. The maximum atomic E-state index is 14.0. The second-order valence-electron chi connectivity index (χ2n) is 36.8. The standard InChI is InChI=1S/C55H67N5O8S.C32H44N2O8S.C25H27NO/c1-7-46(40-14-10-8-11-15-40)50(41-16-12-9-13-17-41)42-22-24-45(25-23-42)68-31-28-59(6)49(63)27-30-67-33-32-66-29-26-48(62)58-52(55(3,4)5)54(65)60-36-44(61)34-47(60)53(64)56-35-39-18-20-43(21-19-39)51-38(2)57-37-69-51;1-21-30(43-20-33-21)23-8-5-22(6-9-23)7-10-28(37)27-18-25(36)19-34(27)31(40)26(32(2,3)4)17-24(35)11-13-41-15-16-42-14-12-29(38)39;1-3-24(20-10-6-4-7-11-20)25(21-12-8-5-9-13-21)22-14-16-23(17-15-22)27-19-18-26-2/h8-25,37,44,47,52,61H,7,26-36H2,1-6H3,(H,56,64)(H,58,62);5-6,8-9,20,25-27,36H,7,10-19H2,1-4H3,(H,38,39);4-17,26H,3,18-19H2,1-2H3/b50-46-;;25-24-/t44-,47+,52-;25-,26-,27+;/m11./s1. The molecule has 10 aromatic rings. The summed E-state index contributed by atoms with van der Waals surface area (Å²) in [7, 11) is 3.67. The number of ketones is 2. The highest BCUT2D eigenvalue weighted by Crippen LogP contribution is 2.40. The van der Waals surface area contributed by atoms with Gasteiger partial charge in [0.25, 0.3) is 0 Å². The van der Waals surface area contributed by atoms with Crippen molar-refractivity contribution in [3.8, 4) is 32.4 Å². The summed E-state index contributed by atoms with van der Waals surface area (Å²) in [5, 5.41) is 38.5. The Balaban J connectivity index is 0.000000240. The van der Waals surface area contributed by atoms with Crippen molar-refractivity contribution < 1.29 is 82.1 Å². The first kappa shape index (κ1) is 109. The normalized spacial score (nSPS) is 15.5. The minimum absolute atomic E-state index is 0.00305. The predicted octanol–water partition coefficient (Wildman–Crippen LogP) is 17.7. The van der Waals surface area contributed by atoms with Gasteiger partial charge in [0.2, 0.25) is 29.5 Å². The number of carboxylic acid groups (broad SMARTS) is 1. The van der Waals surface area contributed by atoms with Gasteiger partial charge in [-0.25, -0.2) is 9.97 Å². The van der Waals surface area contributed by atoms with E-state index in [0.29, 0.717) is 26.2 Å². The molecule has 2 aliphatic heterocycles. The molecular formula is C112H138N8O17S2. The number of aliphatic carboxylic acids is 1. The van der Waals surface area contributed by atoms with Crippen LogP contribution in [-0.4, -0.2) is 224 Å². The first-order valence-corrected chi connectivity index (χ1v) is 49.8. The van der Waals surface area contributed by atoms with Crippen LogP contribution in [0.25, 0.3) is 43.2 Å². The topological polar surface area (TPSA) is 324 Å². The molecule has 8 aromatic carbocycles. The zero-order chi connectivity index (χ0) is 99.8. The summed E-state index contributed by atoms with van der Waals surface area (Å²) in [6.07, 6.45) is 1.52. The quantitative estimate of drug-likeness (QED) is 0.0152. The number of rotatable bonds is 48. The Bertz CT molecular complexity index is 5590. The van der Waals surface area contributed by atoms with E-state index in [1.165, 1.54) is 54.3 Å². The molecule has 25 nitrogen and oxygen atoms in total. The Hall–Kier alpha value is -12.0. The maximum Gasteiger partial charge on any atom is 0.305 e. The average molecular weight is 1930 g/mol. The number of ether oxygens (including phenoxy) is 6. The number of hydrogen-bond acceptors (Lipinski definition) is 21. The monoisotopic (exact) mass is 1930 g/mol. The number of allylic oxidation sites excluding steroid dienone is 2. The third-order valence-corrected chi connectivity index (χ3v) is 26.4. The van der Waals surface area contributed by atoms with Crippen LogP contribution in [0.3, 0.4) is 0 Å². The molecule has 740 valence electrons. The molecule has 139 heavy (non-hydrogen) atoms. The molecule has 12 rings (SSSR count). The van der Waals surface area contributed by atoms with Gasteiger partial charge in [-0.2, -0.15) is 0 Å². The van der Waals surface area contributed by atoms with Gasteiger partial charge in [-0.15, -0.1) is 22.7 Å². The van der Waals surface area contributed by atoms with Crippen molar-refractivity contribution in [1.82, 2.24) is 40.6 Å². The van der Waals surface area contributed by atoms with E-state index in [1.54, 1.807) is 34.6 Å². The molecule has 0 bridgehead atoms. The smallest absolute Gasteiger partial charge is 0.305 e. The number of aliphatic hydroxyl groups excluding tert-OH is 2. The number of benzene rings is 8. The molecule has 6 N–H and O–H groups in total. The number of hydrogen-bond donors (Lipinski definition) is 6. The van der Waals surface area contributed by atoms with Gasteiger partial charge < -0.3 is 74.4 Å². The van der Waals surface area contributed by atoms with Crippen molar-refractivity contribution in [2.45, 2.75) is 177 Å². The number of likely N-dealkylation sites (tertiary alicyclic amines) is 2. The Labute approximate surface area is 827 Å². The molecule has 0 radical (unpaired) electrons. The number of nitrogens with zero attached hydrogens (tertiary/aromatic N) is 5. The largest absolute Gasteiger partial charge is 0.492 e. The SMILES string of the molecule is CC/C(=C(\c1ccccc1)c1ccc(OCCN(C)C(=O)CCOCCOCCC(=O)N[C@H](C(=O)N2C[C@H](O)C[C@H]2C(=O)NCc2ccc(-c3scnc3C)cc2)C(C)(C)C)cc1)c1ccccc1.CC/C(=C(\c1ccccc1)c1ccc(OCCNC)cc1)c1ccccc1.Cc1ncsc1-c1ccc(CCC(=O)[C@@H]2C[C@@H](O)CN2C(=O)[C@@H](CC(=O)CCOCCOCCC(=O)O)C(C)(C)C)cc1. The summed E-state index contributed by atoms with van der Waals surface area (Å²) in [5.41, 5.74) is 20.7. The zero-order valence-electron chi connectivity index (χ0n) is 82.4. The zero-order valence-corrected chi connectivity index (χ0v) is 84.0. The molecule has 6 atom stereocenters. The number of aryl methyl sites for hydroxylation is 3. The highest BCUT2D eigenvalue weighted by atomic mass is 32.1. The van der Waals surface area contributed by atoms with E-state index >= 15 is 0 Å². The van der Waals surface area contributed by atoms with Crippen molar-refractivity contribution in [2.24, 2.45) is 16.7 Å². The van der Waals surface area contributed by atoms with Gasteiger partial charge >= 0.3 is 5.97 Å². The van der Waals surface area contributed by atoms with E-state index in [0.717, 1.165) is 85.4 Å². The molecule has 5 amide bonds. The number of nitrogens with one attached hydrogen (secondary N) is 3. The van der Waals surface area contributed by atoms with Gasteiger partial charge in [0, 0.05) is 77.7 Å². The summed E-state index contributed by atoms with van der Waals surface area (Å²) in [6, 6.07) is 72.1. The summed E-state index contributed by atoms with van der Waals surface area (Å²) in [6.45, 7) is 23.7. The van der Waals surface area contributed by atoms with Crippen LogP contribution in [-0.2, 0) is 70.3 Å². The lowest BCUT2D eigenvalue weighted by molar-refractivity contribution is -0.146. The Kier molecular flexibility index (Phi) is 43.7. The Morgan fingerprint density at radius 1 is 0.482 bits per heavy atom. The minimum Gasteiger partial charge on any atom is -0.492 e. The van der Waals surface area contributed by atoms with Crippen molar-refractivity contribution in [3.05, 3.63) is 285 Å². The fourth-order valence-electron chi connectivity index (χ4n) is 16.7. The second-order valence-corrected chi connectivity index (χ2v) is 38.5. The van der Waals surface area contributed by atoms with E-state index in [-0.39, 0.29) is 159 Å². The van der Waals surface area contributed by atoms with E-state index in [4.69, 9.17) is 33.5 Å². The van der Waals surface area contributed by atoms with E-state index < -0.39 is 59.0 Å². The fraction of sp³-hybridized carbons (Fsp3) is 0.411. The molecule has 0 unspecified atom stereocenters. The lowest BCUT2D eigenvalue weighted by atomic mass is 9.76. The number of aliphatic hydroxyl groups is 2. The highest BCUT2D eigenvalue weighted by Gasteiger charge is 2.46. The van der Waals surface area contributed by atoms with Gasteiger partial charge in [-0.3, -0.25) is 38.4 Å². The van der Waals surface area contributed by atoms with Crippen LogP contribution >= 0.6 is 22.7 Å². The van der Waals surface area contributed by atoms with Gasteiger partial charge in [0.1, 0.15) is 42.6 Å². The first-order valence-electron chi connectivity index (χ1n) is 48.1. The van der Waals surface area contributed by atoms with Crippen LogP contribution < -0.4 is 25.4 Å². The number of β-amino-alcohol motifs (C(OH)–C–C–N with tert-alkyl or cyclic N) is 2. The lowest BCUT2D eigenvalue weighted by Crippen LogP contribution is -2.57. The van der Waals surface area contributed by atoms with Gasteiger partial charge in [-0.05, 0) is 153 Å². The number of carbonyl (C=O) groups is 8. The van der Waals surface area contributed by atoms with Crippen LogP contribution in [0.1, 0.15) is 175 Å². The molecular weight excluding hydrogens is 1790 g/mol. The summed E-state index contributed by atoms with van der Waals surface area (Å²) in [4.78, 5) is 119. The number of thiazole rings is 2. The van der Waals surface area contributed by atoms with Gasteiger partial charge in [-0.1, -0.05) is 250 Å². The first-order chi connectivity index (χ1) is 66.9. The average Bonchev–Trinajstić information content (AvgIpc) is 1.75. The van der Waals surface area contributed by atoms with E-state index in [9.17, 15) is 48.6 Å². The summed E-state index contributed by atoms with van der Waals surface area (Å²) < 4.78 is 33.7. The number of likely N-dealkylation sites (N-methyl/N-ethyl adjacent to an activating group) is 2. The molecule has 2 aromatic heterocycles. The van der Waals surface area contributed by atoms with Crippen molar-refractivity contribution in [1.29, 1.82) is 0 Å². The Morgan fingerprint density at radius 2 is 0.906 bits per heavy atom. The molecule has 2 saturated heterocycles. The van der Waals surface area contributed by atoms with E-state index in [2.05, 4.69) is 185 Å². The van der Waals surface area contributed by atoms with Crippen LogP contribution in [0.2, 0.25) is 0 Å². The molecule has 0 spiro atoms. The van der Waals surface area contributed by atoms with E-state index in [1.807, 2.05) is 146 Å². The number of carbonyl (C=O) groups excluding carboxylic acids is 7. The predicted molar refractivity (Wildman–Crippen MR) is 549 cm³/mol. The summed E-state index contributed by atoms with van der Waals surface area (Å²) in [5.74, 6) is -1.71. The van der Waals surface area contributed by atoms with Gasteiger partial charge in [0.05, 0.1) is 123 Å². The number of carboxylic acids is 1. The third-order valence-electron chi connectivity index (χ3n) is 24.4. The Morgan fingerprint density at radius 3 is 1.35 bits per heavy atom. The highest BCUT2D eigenvalue weighted by molar-refractivity contribution is 7.13. The van der Waals surface area contributed by atoms with Crippen LogP contribution in [0.5, 0.6) is 11.5 Å². The third kappa shape index (κ3) is 33.9. The molecule has 2 fully saturated rings. The number of aromatic nitrogens is 2. The van der Waals surface area contributed by atoms with Crippen LogP contribution in [0.15, 0.2) is 229 Å². The van der Waals surface area contributed by atoms with Gasteiger partial charge in [0.15, 0.2) is 5.78 Å². The van der Waals surface area contributed by atoms with Crippen molar-refractivity contribution >= 4 is 92.0 Å².